The van der Waals surface area contributed by atoms with Crippen LogP contribution in [-0.2, 0) is 17.8 Å². The van der Waals surface area contributed by atoms with Gasteiger partial charge >= 0.3 is 0 Å². The van der Waals surface area contributed by atoms with Gasteiger partial charge in [-0.05, 0) is 11.1 Å². The maximum absolute atomic E-state index is 10.0. The van der Waals surface area contributed by atoms with Crippen LogP contribution < -0.4 is 0 Å². The number of aliphatic hydroxyl groups excluding tert-OH is 1. The number of rotatable bonds is 3. The number of hydrogen-bond donors (Lipinski definition) is 1. The summed E-state index contributed by atoms with van der Waals surface area (Å²) >= 11 is 0. The summed E-state index contributed by atoms with van der Waals surface area (Å²) in [6.45, 7) is -0.0160. The zero-order valence-corrected chi connectivity index (χ0v) is 6.08. The zero-order valence-electron chi connectivity index (χ0n) is 6.08. The van der Waals surface area contributed by atoms with Crippen LogP contribution in [0.25, 0.3) is 0 Å². The Hall–Kier alpha value is -1.15. The second-order valence-electron chi connectivity index (χ2n) is 2.25. The van der Waals surface area contributed by atoms with E-state index in [1.807, 2.05) is 18.2 Å². The first-order valence-electron chi connectivity index (χ1n) is 3.41. The summed E-state index contributed by atoms with van der Waals surface area (Å²) in [5, 5.41) is 8.82. The molecule has 57 valence electrons. The van der Waals surface area contributed by atoms with Crippen molar-refractivity contribution in [2.24, 2.45) is 0 Å². The van der Waals surface area contributed by atoms with E-state index in [0.29, 0.717) is 0 Å². The summed E-state index contributed by atoms with van der Waals surface area (Å²) in [5.74, 6) is 0. The molecule has 0 atom stereocenters. The van der Waals surface area contributed by atoms with Crippen LogP contribution in [0.1, 0.15) is 11.1 Å². The minimum Gasteiger partial charge on any atom is -0.392 e. The van der Waals surface area contributed by atoms with Crippen molar-refractivity contribution in [1.82, 2.24) is 0 Å². The molecule has 2 nitrogen and oxygen atoms in total. The van der Waals surface area contributed by atoms with Crippen molar-refractivity contribution in [2.45, 2.75) is 13.0 Å². The van der Waals surface area contributed by atoms with Crippen molar-refractivity contribution in [3.8, 4) is 0 Å². The molecule has 0 saturated carbocycles. The van der Waals surface area contributed by atoms with Crippen LogP contribution >= 0.6 is 0 Å². The highest BCUT2D eigenvalue weighted by Gasteiger charge is 1.98. The largest absolute Gasteiger partial charge is 0.392 e. The molecular weight excluding hydrogens is 140 g/mol. The van der Waals surface area contributed by atoms with Gasteiger partial charge in [-0.25, -0.2) is 0 Å². The molecule has 1 N–H and O–H groups in total. The molecule has 0 bridgehead atoms. The third-order valence-electron chi connectivity index (χ3n) is 1.55. The van der Waals surface area contributed by atoms with Gasteiger partial charge in [0.1, 0.15) is 0 Å². The number of hydrogen-bond acceptors (Lipinski definition) is 2. The summed E-state index contributed by atoms with van der Waals surface area (Å²) < 4.78 is 0. The highest BCUT2D eigenvalue weighted by atomic mass is 16.3. The third kappa shape index (κ3) is 1.88. The van der Waals surface area contributed by atoms with Gasteiger partial charge in [0, 0.05) is 6.42 Å². The van der Waals surface area contributed by atoms with Gasteiger partial charge in [-0.15, -0.1) is 0 Å². The lowest BCUT2D eigenvalue weighted by Crippen LogP contribution is -1.93. The Morgan fingerprint density at radius 1 is 1.27 bits per heavy atom. The van der Waals surface area contributed by atoms with Gasteiger partial charge in [-0.3, -0.25) is 4.79 Å². The van der Waals surface area contributed by atoms with Crippen LogP contribution in [0, 0.1) is 0 Å². The van der Waals surface area contributed by atoms with Crippen molar-refractivity contribution < 1.29 is 9.90 Å². The molecule has 1 aromatic carbocycles. The Balaban J connectivity index is 2.92. The Morgan fingerprint density at radius 2 is 1.91 bits per heavy atom. The van der Waals surface area contributed by atoms with Gasteiger partial charge in [0.15, 0.2) is 0 Å². The van der Waals surface area contributed by atoms with Crippen LogP contribution in [0.2, 0.25) is 0 Å². The Morgan fingerprint density at radius 3 is 2.45 bits per heavy atom. The molecule has 0 fully saturated rings. The maximum atomic E-state index is 10.0. The first-order chi connectivity index (χ1) is 5.38. The molecule has 0 aliphatic carbocycles. The third-order valence-corrected chi connectivity index (χ3v) is 1.55. The molecule has 0 unspecified atom stereocenters. The maximum Gasteiger partial charge on any atom is 0.203 e. The second kappa shape index (κ2) is 3.88. The predicted octanol–water partition coefficient (Wildman–Crippen LogP) is 0.831. The van der Waals surface area contributed by atoms with E-state index in [4.69, 9.17) is 5.11 Å². The van der Waals surface area contributed by atoms with Gasteiger partial charge in [0.2, 0.25) is 6.29 Å². The van der Waals surface area contributed by atoms with Crippen LogP contribution in [-0.4, -0.2) is 11.4 Å². The van der Waals surface area contributed by atoms with Crippen molar-refractivity contribution in [2.75, 3.05) is 0 Å². The summed E-state index contributed by atoms with van der Waals surface area (Å²) in [7, 11) is 0. The van der Waals surface area contributed by atoms with Crippen LogP contribution in [0.4, 0.5) is 0 Å². The molecule has 0 aromatic heterocycles. The van der Waals surface area contributed by atoms with Gasteiger partial charge in [-0.1, -0.05) is 24.3 Å². The lowest BCUT2D eigenvalue weighted by molar-refractivity contribution is 0.281. The van der Waals surface area contributed by atoms with Crippen LogP contribution in [0.5, 0.6) is 0 Å². The Kier molecular flexibility index (Phi) is 2.81. The molecule has 1 aromatic rings. The lowest BCUT2D eigenvalue weighted by Gasteiger charge is -2.00. The highest BCUT2D eigenvalue weighted by molar-refractivity contribution is 5.56. The average molecular weight is 149 g/mol. The van der Waals surface area contributed by atoms with E-state index in [0.717, 1.165) is 11.1 Å². The van der Waals surface area contributed by atoms with Gasteiger partial charge in [0.25, 0.3) is 0 Å². The second-order valence-corrected chi connectivity index (χ2v) is 2.25. The summed E-state index contributed by atoms with van der Waals surface area (Å²) in [4.78, 5) is 10.0. The van der Waals surface area contributed by atoms with Crippen LogP contribution in [0.15, 0.2) is 24.3 Å². The van der Waals surface area contributed by atoms with E-state index in [9.17, 15) is 4.79 Å². The molecule has 0 saturated heterocycles. The highest BCUT2D eigenvalue weighted by Crippen LogP contribution is 2.07. The molecule has 0 amide bonds. The number of carbonyl (C=O) groups excluding carboxylic acids is 1. The van der Waals surface area contributed by atoms with Crippen LogP contribution in [0.3, 0.4) is 0 Å². The average Bonchev–Trinajstić information content (AvgIpc) is 2.06. The van der Waals surface area contributed by atoms with Crippen molar-refractivity contribution in [3.05, 3.63) is 35.4 Å². The van der Waals surface area contributed by atoms with Crippen molar-refractivity contribution >= 4 is 6.29 Å². The molecule has 0 aliphatic rings. The number of aliphatic hydroxyl groups is 1. The van der Waals surface area contributed by atoms with E-state index in [1.54, 1.807) is 12.4 Å². The summed E-state index contributed by atoms with van der Waals surface area (Å²) in [6, 6.07) is 7.29. The molecule has 2 heteroatoms. The molecular formula is C9H9O2. The lowest BCUT2D eigenvalue weighted by atomic mass is 10.1. The quantitative estimate of drug-likeness (QED) is 0.691. The normalized spacial score (nSPS) is 9.55. The smallest absolute Gasteiger partial charge is 0.203 e. The molecule has 1 rings (SSSR count). The van der Waals surface area contributed by atoms with Gasteiger partial charge in [-0.2, -0.15) is 0 Å². The Bertz CT molecular complexity index is 243. The standard InChI is InChI=1S/C9H9O2/c10-6-5-8-3-1-2-4-9(8)7-11/h1-4,11H,5,7H2. The van der Waals surface area contributed by atoms with Gasteiger partial charge in [0.05, 0.1) is 6.61 Å². The molecule has 0 aliphatic heterocycles. The molecule has 0 heterocycles. The van der Waals surface area contributed by atoms with Crippen molar-refractivity contribution in [3.63, 3.8) is 0 Å². The summed E-state index contributed by atoms with van der Waals surface area (Å²) in [6.07, 6.45) is 2.06. The fourth-order valence-electron chi connectivity index (χ4n) is 0.962. The fraction of sp³-hybridized carbons (Fsp3) is 0.222. The minimum atomic E-state index is -0.0160. The number of benzene rings is 1. The predicted molar refractivity (Wildman–Crippen MR) is 41.8 cm³/mol. The Labute approximate surface area is 65.5 Å². The van der Waals surface area contributed by atoms with E-state index in [-0.39, 0.29) is 13.0 Å². The van der Waals surface area contributed by atoms with E-state index in [1.165, 1.54) is 0 Å². The monoisotopic (exact) mass is 149 g/mol. The summed E-state index contributed by atoms with van der Waals surface area (Å²) in [5.41, 5.74) is 1.65. The van der Waals surface area contributed by atoms with Crippen molar-refractivity contribution in [1.29, 1.82) is 0 Å². The topological polar surface area (TPSA) is 37.3 Å². The van der Waals surface area contributed by atoms with E-state index >= 15 is 0 Å². The molecule has 1 radical (unpaired) electrons. The molecule has 0 spiro atoms. The van der Waals surface area contributed by atoms with E-state index < -0.39 is 0 Å². The molecule has 11 heavy (non-hydrogen) atoms. The first-order valence-corrected chi connectivity index (χ1v) is 3.41. The SMILES string of the molecule is O=[C]Cc1ccccc1CO. The minimum absolute atomic E-state index is 0.0160. The van der Waals surface area contributed by atoms with Gasteiger partial charge < -0.3 is 5.11 Å². The first kappa shape index (κ1) is 7.95. The zero-order chi connectivity index (χ0) is 8.10. The van der Waals surface area contributed by atoms with E-state index in [2.05, 4.69) is 0 Å². The fourth-order valence-corrected chi connectivity index (χ4v) is 0.962.